The van der Waals surface area contributed by atoms with Crippen LogP contribution in [0.2, 0.25) is 0 Å². The third kappa shape index (κ3) is 2.42. The van der Waals surface area contributed by atoms with Gasteiger partial charge in [0.1, 0.15) is 11.3 Å². The average molecular weight is 218 g/mol. The van der Waals surface area contributed by atoms with Crippen LogP contribution in [0.15, 0.2) is 34.7 Å². The molecule has 0 aliphatic carbocycles. The second-order valence-corrected chi connectivity index (χ2v) is 3.56. The molecule has 1 heterocycles. The van der Waals surface area contributed by atoms with Gasteiger partial charge in [-0.05, 0) is 19.1 Å². The Balaban J connectivity index is 2.02. The number of esters is 1. The van der Waals surface area contributed by atoms with Crippen molar-refractivity contribution < 1.29 is 13.9 Å². The molecule has 16 heavy (non-hydrogen) atoms. The van der Waals surface area contributed by atoms with Crippen molar-refractivity contribution >= 4 is 16.9 Å². The number of benzene rings is 1. The third-order valence-corrected chi connectivity index (χ3v) is 2.36. The Morgan fingerprint density at radius 1 is 1.38 bits per heavy atom. The van der Waals surface area contributed by atoms with Gasteiger partial charge in [0.15, 0.2) is 0 Å². The summed E-state index contributed by atoms with van der Waals surface area (Å²) in [6.07, 6.45) is 0.959. The number of carbonyl (C=O) groups is 1. The highest BCUT2D eigenvalue weighted by atomic mass is 16.5. The Kier molecular flexibility index (Phi) is 3.25. The van der Waals surface area contributed by atoms with Gasteiger partial charge in [-0.2, -0.15) is 0 Å². The minimum absolute atomic E-state index is 0.178. The first-order chi connectivity index (χ1) is 7.79. The summed E-state index contributed by atoms with van der Waals surface area (Å²) in [4.78, 5) is 11.2. The lowest BCUT2D eigenvalue weighted by atomic mass is 10.2. The van der Waals surface area contributed by atoms with Crippen LogP contribution >= 0.6 is 0 Å². The Morgan fingerprint density at radius 3 is 2.94 bits per heavy atom. The van der Waals surface area contributed by atoms with Crippen LogP contribution in [0.1, 0.15) is 19.1 Å². The predicted octanol–water partition coefficient (Wildman–Crippen LogP) is 2.93. The number of hydrogen-bond donors (Lipinski definition) is 0. The lowest BCUT2D eigenvalue weighted by Crippen LogP contribution is -2.04. The van der Waals surface area contributed by atoms with Crippen LogP contribution in [0.25, 0.3) is 11.0 Å². The molecule has 3 nitrogen and oxygen atoms in total. The number of carbonyl (C=O) groups excluding carboxylic acids is 1. The fourth-order valence-corrected chi connectivity index (χ4v) is 1.62. The van der Waals surface area contributed by atoms with Crippen LogP contribution < -0.4 is 0 Å². The molecule has 0 spiro atoms. The van der Waals surface area contributed by atoms with Crippen LogP contribution in [0.4, 0.5) is 0 Å². The van der Waals surface area contributed by atoms with Crippen molar-refractivity contribution in [3.63, 3.8) is 0 Å². The SMILES string of the molecule is CCOC(=O)CCc1cc2ccccc2o1. The molecule has 0 saturated heterocycles. The van der Waals surface area contributed by atoms with E-state index in [4.69, 9.17) is 9.15 Å². The molecule has 2 rings (SSSR count). The quantitative estimate of drug-likeness (QED) is 0.741. The van der Waals surface area contributed by atoms with Crippen molar-refractivity contribution in [3.8, 4) is 0 Å². The second kappa shape index (κ2) is 4.84. The van der Waals surface area contributed by atoms with E-state index < -0.39 is 0 Å². The summed E-state index contributed by atoms with van der Waals surface area (Å²) >= 11 is 0. The van der Waals surface area contributed by atoms with Gasteiger partial charge in [-0.25, -0.2) is 0 Å². The van der Waals surface area contributed by atoms with E-state index in [2.05, 4.69) is 0 Å². The summed E-state index contributed by atoms with van der Waals surface area (Å²) < 4.78 is 10.4. The first-order valence-electron chi connectivity index (χ1n) is 5.42. The Morgan fingerprint density at radius 2 is 2.19 bits per heavy atom. The maximum atomic E-state index is 11.2. The summed E-state index contributed by atoms with van der Waals surface area (Å²) in [7, 11) is 0. The van der Waals surface area contributed by atoms with E-state index in [1.807, 2.05) is 30.3 Å². The predicted molar refractivity (Wildman–Crippen MR) is 61.2 cm³/mol. The summed E-state index contributed by atoms with van der Waals surface area (Å²) in [6.45, 7) is 2.23. The summed E-state index contributed by atoms with van der Waals surface area (Å²) in [5.74, 6) is 0.650. The summed E-state index contributed by atoms with van der Waals surface area (Å²) in [5, 5.41) is 1.07. The molecule has 0 atom stereocenters. The largest absolute Gasteiger partial charge is 0.466 e. The van der Waals surface area contributed by atoms with Crippen LogP contribution in [-0.2, 0) is 16.0 Å². The molecule has 3 heteroatoms. The van der Waals surface area contributed by atoms with Crippen molar-refractivity contribution in [2.45, 2.75) is 19.8 Å². The number of fused-ring (bicyclic) bond motifs is 1. The van der Waals surface area contributed by atoms with Gasteiger partial charge in [-0.3, -0.25) is 4.79 Å². The first-order valence-corrected chi connectivity index (χ1v) is 5.42. The minimum atomic E-state index is -0.178. The fraction of sp³-hybridized carbons (Fsp3) is 0.308. The number of ether oxygens (including phenoxy) is 1. The van der Waals surface area contributed by atoms with Gasteiger partial charge >= 0.3 is 5.97 Å². The molecule has 0 amide bonds. The van der Waals surface area contributed by atoms with Crippen molar-refractivity contribution in [2.75, 3.05) is 6.61 Å². The number of hydrogen-bond acceptors (Lipinski definition) is 3. The lowest BCUT2D eigenvalue weighted by molar-refractivity contribution is -0.143. The smallest absolute Gasteiger partial charge is 0.306 e. The standard InChI is InChI=1S/C13H14O3/c1-2-15-13(14)8-7-11-9-10-5-3-4-6-12(10)16-11/h3-6,9H,2,7-8H2,1H3. The molecule has 0 aliphatic rings. The average Bonchev–Trinajstić information content (AvgIpc) is 2.69. The monoisotopic (exact) mass is 218 g/mol. The van der Waals surface area contributed by atoms with Crippen molar-refractivity contribution in [2.24, 2.45) is 0 Å². The van der Waals surface area contributed by atoms with E-state index in [1.165, 1.54) is 0 Å². The van der Waals surface area contributed by atoms with Gasteiger partial charge in [-0.1, -0.05) is 18.2 Å². The lowest BCUT2D eigenvalue weighted by Gasteiger charge is -1.98. The number of para-hydroxylation sites is 1. The van der Waals surface area contributed by atoms with E-state index in [-0.39, 0.29) is 5.97 Å². The molecule has 84 valence electrons. The zero-order valence-electron chi connectivity index (χ0n) is 9.23. The molecule has 0 unspecified atom stereocenters. The minimum Gasteiger partial charge on any atom is -0.466 e. The van der Waals surface area contributed by atoms with E-state index in [0.717, 1.165) is 16.7 Å². The normalized spacial score (nSPS) is 10.6. The Labute approximate surface area is 94.0 Å². The maximum Gasteiger partial charge on any atom is 0.306 e. The van der Waals surface area contributed by atoms with Crippen LogP contribution in [-0.4, -0.2) is 12.6 Å². The molecule has 0 N–H and O–H groups in total. The Hall–Kier alpha value is -1.77. The molecule has 0 fully saturated rings. The summed E-state index contributed by atoms with van der Waals surface area (Å²) in [6, 6.07) is 9.78. The second-order valence-electron chi connectivity index (χ2n) is 3.56. The maximum absolute atomic E-state index is 11.2. The van der Waals surface area contributed by atoms with Crippen molar-refractivity contribution in [1.29, 1.82) is 0 Å². The molecule has 0 radical (unpaired) electrons. The molecule has 0 saturated carbocycles. The van der Waals surface area contributed by atoms with Gasteiger partial charge in [0.25, 0.3) is 0 Å². The van der Waals surface area contributed by atoms with Crippen LogP contribution in [0.3, 0.4) is 0 Å². The van der Waals surface area contributed by atoms with Crippen molar-refractivity contribution in [1.82, 2.24) is 0 Å². The van der Waals surface area contributed by atoms with E-state index in [0.29, 0.717) is 19.4 Å². The van der Waals surface area contributed by atoms with Crippen LogP contribution in [0.5, 0.6) is 0 Å². The molecule has 0 aliphatic heterocycles. The van der Waals surface area contributed by atoms with Gasteiger partial charge in [-0.15, -0.1) is 0 Å². The van der Waals surface area contributed by atoms with Gasteiger partial charge in [0, 0.05) is 11.8 Å². The number of furan rings is 1. The number of rotatable bonds is 4. The van der Waals surface area contributed by atoms with Crippen molar-refractivity contribution in [3.05, 3.63) is 36.1 Å². The van der Waals surface area contributed by atoms with Gasteiger partial charge in [0.2, 0.25) is 0 Å². The van der Waals surface area contributed by atoms with Crippen LogP contribution in [0, 0.1) is 0 Å². The van der Waals surface area contributed by atoms with E-state index in [1.54, 1.807) is 6.92 Å². The zero-order valence-corrected chi connectivity index (χ0v) is 9.23. The zero-order chi connectivity index (χ0) is 11.4. The highest BCUT2D eigenvalue weighted by Gasteiger charge is 2.06. The van der Waals surface area contributed by atoms with E-state index in [9.17, 15) is 4.79 Å². The molecule has 1 aromatic carbocycles. The number of aryl methyl sites for hydroxylation is 1. The fourth-order valence-electron chi connectivity index (χ4n) is 1.62. The summed E-state index contributed by atoms with van der Waals surface area (Å²) in [5.41, 5.74) is 0.862. The molecular weight excluding hydrogens is 204 g/mol. The molecule has 1 aromatic heterocycles. The first kappa shape index (κ1) is 10.7. The van der Waals surface area contributed by atoms with E-state index >= 15 is 0 Å². The molecular formula is C13H14O3. The highest BCUT2D eigenvalue weighted by Crippen LogP contribution is 2.19. The third-order valence-electron chi connectivity index (χ3n) is 2.36. The van der Waals surface area contributed by atoms with Gasteiger partial charge < -0.3 is 9.15 Å². The molecule has 0 bridgehead atoms. The van der Waals surface area contributed by atoms with Gasteiger partial charge in [0.05, 0.1) is 13.0 Å². The Bertz CT molecular complexity index is 452. The topological polar surface area (TPSA) is 39.4 Å². The molecule has 2 aromatic rings. The highest BCUT2D eigenvalue weighted by molar-refractivity contribution is 5.78.